The maximum Gasteiger partial charge on any atom is 0.435 e. The van der Waals surface area contributed by atoms with E-state index in [1.807, 2.05) is 6.92 Å². The van der Waals surface area contributed by atoms with Crippen LogP contribution in [0.4, 0.5) is 13.2 Å². The molecule has 110 valence electrons. The molecule has 0 saturated carbocycles. The number of nitrogens with two attached hydrogens (primary N) is 1. The molecule has 0 aliphatic carbocycles. The number of hydrogen-bond donors (Lipinski definition) is 1. The zero-order valence-corrected chi connectivity index (χ0v) is 11.1. The molecule has 2 heterocycles. The Labute approximate surface area is 113 Å². The molecule has 0 fully saturated rings. The summed E-state index contributed by atoms with van der Waals surface area (Å²) in [6, 6.07) is 0.905. The van der Waals surface area contributed by atoms with Crippen LogP contribution in [0.1, 0.15) is 26.0 Å². The van der Waals surface area contributed by atoms with Crippen LogP contribution in [0.3, 0.4) is 0 Å². The van der Waals surface area contributed by atoms with E-state index in [0.717, 1.165) is 10.6 Å². The van der Waals surface area contributed by atoms with E-state index in [1.54, 1.807) is 6.92 Å². The van der Waals surface area contributed by atoms with E-state index in [-0.39, 0.29) is 18.0 Å². The molecular weight excluding hydrogens is 273 g/mol. The summed E-state index contributed by atoms with van der Waals surface area (Å²) in [5.74, 6) is 0.0839. The number of aromatic nitrogens is 3. The Kier molecular flexibility index (Phi) is 3.59. The molecule has 0 amide bonds. The Bertz CT molecular complexity index is 606. The van der Waals surface area contributed by atoms with E-state index in [0.29, 0.717) is 6.42 Å². The van der Waals surface area contributed by atoms with E-state index in [1.165, 1.54) is 12.4 Å². The molecule has 5 nitrogen and oxygen atoms in total. The summed E-state index contributed by atoms with van der Waals surface area (Å²) in [6.07, 6.45) is -1.17. The maximum atomic E-state index is 12.6. The number of hydrogen-bond acceptors (Lipinski definition) is 4. The van der Waals surface area contributed by atoms with Crippen LogP contribution in [0.5, 0.6) is 5.88 Å². The van der Waals surface area contributed by atoms with Gasteiger partial charge in [-0.1, -0.05) is 6.92 Å². The highest BCUT2D eigenvalue weighted by Gasteiger charge is 2.34. The van der Waals surface area contributed by atoms with Gasteiger partial charge >= 0.3 is 6.18 Å². The minimum absolute atomic E-state index is 0.0839. The summed E-state index contributed by atoms with van der Waals surface area (Å²) >= 11 is 0. The van der Waals surface area contributed by atoms with E-state index in [2.05, 4.69) is 10.1 Å². The predicted octanol–water partition coefficient (Wildman–Crippen LogP) is 2.25. The monoisotopic (exact) mass is 288 g/mol. The fraction of sp³-hybridized carbons (Fsp3) is 0.500. The molecule has 20 heavy (non-hydrogen) atoms. The molecule has 0 aromatic carbocycles. The molecule has 0 aliphatic rings. The zero-order valence-electron chi connectivity index (χ0n) is 11.1. The SMILES string of the molecule is CCC(C)(N)COc1nccn2nc(C(F)(F)F)cc12. The van der Waals surface area contributed by atoms with Crippen molar-refractivity contribution in [2.45, 2.75) is 32.0 Å². The molecule has 2 aromatic rings. The van der Waals surface area contributed by atoms with Crippen molar-refractivity contribution in [1.82, 2.24) is 14.6 Å². The first kappa shape index (κ1) is 14.6. The van der Waals surface area contributed by atoms with Crippen molar-refractivity contribution < 1.29 is 17.9 Å². The minimum atomic E-state index is -4.50. The third-order valence-corrected chi connectivity index (χ3v) is 2.99. The van der Waals surface area contributed by atoms with Gasteiger partial charge in [0.1, 0.15) is 12.1 Å². The van der Waals surface area contributed by atoms with Crippen LogP contribution in [-0.2, 0) is 6.18 Å². The second kappa shape index (κ2) is 4.93. The molecule has 2 rings (SSSR count). The molecule has 0 bridgehead atoms. The van der Waals surface area contributed by atoms with Crippen molar-refractivity contribution >= 4 is 5.52 Å². The van der Waals surface area contributed by atoms with Crippen molar-refractivity contribution in [3.8, 4) is 5.88 Å². The Morgan fingerprint density at radius 2 is 2.10 bits per heavy atom. The van der Waals surface area contributed by atoms with Gasteiger partial charge in [-0.2, -0.15) is 18.3 Å². The highest BCUT2D eigenvalue weighted by molar-refractivity contribution is 5.56. The maximum absolute atomic E-state index is 12.6. The van der Waals surface area contributed by atoms with Gasteiger partial charge in [0, 0.05) is 24.0 Å². The van der Waals surface area contributed by atoms with Gasteiger partial charge in [0.15, 0.2) is 5.69 Å². The summed E-state index contributed by atoms with van der Waals surface area (Å²) in [5, 5.41) is 3.45. The fourth-order valence-corrected chi connectivity index (χ4v) is 1.48. The number of alkyl halides is 3. The number of halogens is 3. The summed E-state index contributed by atoms with van der Waals surface area (Å²) in [6.45, 7) is 3.85. The number of ether oxygens (including phenoxy) is 1. The van der Waals surface area contributed by atoms with Crippen LogP contribution < -0.4 is 10.5 Å². The first-order chi connectivity index (χ1) is 9.23. The lowest BCUT2D eigenvalue weighted by Gasteiger charge is -2.22. The molecule has 0 spiro atoms. The van der Waals surface area contributed by atoms with Gasteiger partial charge in [-0.05, 0) is 13.3 Å². The predicted molar refractivity (Wildman–Crippen MR) is 66.4 cm³/mol. The molecular formula is C12H15F3N4O. The number of nitrogens with zero attached hydrogens (tertiary/aromatic N) is 3. The molecule has 2 aromatic heterocycles. The molecule has 1 unspecified atom stereocenters. The Hall–Kier alpha value is -1.83. The molecule has 0 saturated heterocycles. The molecule has 0 aliphatic heterocycles. The van der Waals surface area contributed by atoms with E-state index in [9.17, 15) is 13.2 Å². The Balaban J connectivity index is 2.32. The van der Waals surface area contributed by atoms with Crippen LogP contribution in [0, 0.1) is 0 Å². The van der Waals surface area contributed by atoms with Crippen LogP contribution in [0.2, 0.25) is 0 Å². The lowest BCUT2D eigenvalue weighted by atomic mass is 10.0. The lowest BCUT2D eigenvalue weighted by Crippen LogP contribution is -2.41. The van der Waals surface area contributed by atoms with Gasteiger partial charge in [-0.3, -0.25) is 0 Å². The third kappa shape index (κ3) is 3.01. The summed E-state index contributed by atoms with van der Waals surface area (Å²) in [4.78, 5) is 3.93. The van der Waals surface area contributed by atoms with Crippen molar-refractivity contribution in [2.24, 2.45) is 5.73 Å². The van der Waals surface area contributed by atoms with Gasteiger partial charge in [0.2, 0.25) is 5.88 Å². The first-order valence-electron chi connectivity index (χ1n) is 6.06. The van der Waals surface area contributed by atoms with Crippen LogP contribution in [0.15, 0.2) is 18.5 Å². The first-order valence-corrected chi connectivity index (χ1v) is 6.06. The highest BCUT2D eigenvalue weighted by atomic mass is 19.4. The summed E-state index contributed by atoms with van der Waals surface area (Å²) in [5.41, 5.74) is 4.53. The highest BCUT2D eigenvalue weighted by Crippen LogP contribution is 2.30. The second-order valence-corrected chi connectivity index (χ2v) is 4.89. The smallest absolute Gasteiger partial charge is 0.435 e. The van der Waals surface area contributed by atoms with Crippen molar-refractivity contribution in [3.63, 3.8) is 0 Å². The van der Waals surface area contributed by atoms with Gasteiger partial charge < -0.3 is 10.5 Å². The topological polar surface area (TPSA) is 65.4 Å². The molecule has 0 radical (unpaired) electrons. The van der Waals surface area contributed by atoms with Gasteiger partial charge in [0.25, 0.3) is 0 Å². The van der Waals surface area contributed by atoms with Gasteiger partial charge in [-0.15, -0.1) is 0 Å². The molecule has 2 N–H and O–H groups in total. The van der Waals surface area contributed by atoms with Gasteiger partial charge in [0.05, 0.1) is 0 Å². The van der Waals surface area contributed by atoms with Crippen LogP contribution in [-0.4, -0.2) is 26.7 Å². The quantitative estimate of drug-likeness (QED) is 0.937. The fourth-order valence-electron chi connectivity index (χ4n) is 1.48. The van der Waals surface area contributed by atoms with E-state index < -0.39 is 17.4 Å². The third-order valence-electron chi connectivity index (χ3n) is 2.99. The standard InChI is InChI=1S/C12H15F3N4O/c1-3-11(2,16)7-20-10-8-6-9(12(13,14)15)18-19(8)5-4-17-10/h4-6H,3,7,16H2,1-2H3. The average Bonchev–Trinajstić information content (AvgIpc) is 2.80. The van der Waals surface area contributed by atoms with Crippen molar-refractivity contribution in [3.05, 3.63) is 24.2 Å². The van der Waals surface area contributed by atoms with Gasteiger partial charge in [-0.25, -0.2) is 9.50 Å². The van der Waals surface area contributed by atoms with Crippen LogP contribution >= 0.6 is 0 Å². The second-order valence-electron chi connectivity index (χ2n) is 4.89. The Morgan fingerprint density at radius 3 is 2.70 bits per heavy atom. The zero-order chi connectivity index (χ0) is 15.0. The normalized spacial score (nSPS) is 15.3. The average molecular weight is 288 g/mol. The lowest BCUT2D eigenvalue weighted by molar-refractivity contribution is -0.141. The van der Waals surface area contributed by atoms with Crippen molar-refractivity contribution in [2.75, 3.05) is 6.61 Å². The van der Waals surface area contributed by atoms with Crippen molar-refractivity contribution in [1.29, 1.82) is 0 Å². The summed E-state index contributed by atoms with van der Waals surface area (Å²) < 4.78 is 44.4. The largest absolute Gasteiger partial charge is 0.474 e. The van der Waals surface area contributed by atoms with E-state index in [4.69, 9.17) is 10.5 Å². The van der Waals surface area contributed by atoms with E-state index >= 15 is 0 Å². The Morgan fingerprint density at radius 1 is 1.40 bits per heavy atom. The number of rotatable bonds is 4. The summed E-state index contributed by atoms with van der Waals surface area (Å²) in [7, 11) is 0. The molecule has 8 heteroatoms. The molecule has 1 atom stereocenters. The minimum Gasteiger partial charge on any atom is -0.474 e. The number of fused-ring (bicyclic) bond motifs is 1. The van der Waals surface area contributed by atoms with Crippen LogP contribution in [0.25, 0.3) is 5.52 Å².